The summed E-state index contributed by atoms with van der Waals surface area (Å²) in [5, 5.41) is 2.77. The van der Waals surface area contributed by atoms with Crippen molar-refractivity contribution in [2.75, 3.05) is 5.32 Å². The van der Waals surface area contributed by atoms with Crippen molar-refractivity contribution in [2.24, 2.45) is 0 Å². The van der Waals surface area contributed by atoms with Gasteiger partial charge in [0.1, 0.15) is 5.82 Å². The van der Waals surface area contributed by atoms with Crippen LogP contribution in [0.5, 0.6) is 11.6 Å². The summed E-state index contributed by atoms with van der Waals surface area (Å²) in [5.74, 6) is -0.264. The molecule has 0 aliphatic heterocycles. The van der Waals surface area contributed by atoms with E-state index >= 15 is 4.39 Å². The maximum Gasteiger partial charge on any atom is 0.258 e. The molecule has 2 heterocycles. The number of pyridine rings is 1. The molecule has 0 radical (unpaired) electrons. The molecule has 0 unspecified atom stereocenters. The predicted molar refractivity (Wildman–Crippen MR) is 130 cm³/mol. The number of hydrogen-bond donors (Lipinski definition) is 1. The minimum Gasteiger partial charge on any atom is -0.435 e. The summed E-state index contributed by atoms with van der Waals surface area (Å²) in [7, 11) is 0. The van der Waals surface area contributed by atoms with E-state index < -0.39 is 11.7 Å². The van der Waals surface area contributed by atoms with Gasteiger partial charge in [-0.1, -0.05) is 39.0 Å². The van der Waals surface area contributed by atoms with Gasteiger partial charge in [-0.3, -0.25) is 4.79 Å². The lowest BCUT2D eigenvalue weighted by atomic mass is 10.0. The molecule has 0 bridgehead atoms. The van der Waals surface area contributed by atoms with Gasteiger partial charge in [0.2, 0.25) is 5.88 Å². The Balaban J connectivity index is 1.61. The van der Waals surface area contributed by atoms with E-state index in [0.29, 0.717) is 35.1 Å². The topological polar surface area (TPSA) is 77.0 Å². The first-order valence-corrected chi connectivity index (χ1v) is 11.1. The number of aryl methyl sites for hydroxylation is 1. The van der Waals surface area contributed by atoms with Gasteiger partial charge in [-0.15, -0.1) is 0 Å². The van der Waals surface area contributed by atoms with Crippen molar-refractivity contribution >= 4 is 11.6 Å². The summed E-state index contributed by atoms with van der Waals surface area (Å²) in [6, 6.07) is 17.2. The van der Waals surface area contributed by atoms with Crippen molar-refractivity contribution in [1.29, 1.82) is 0 Å². The third-order valence-corrected chi connectivity index (χ3v) is 5.29. The zero-order chi connectivity index (χ0) is 24.1. The van der Waals surface area contributed by atoms with Crippen LogP contribution in [0.2, 0.25) is 0 Å². The highest BCUT2D eigenvalue weighted by molar-refractivity contribution is 6.04. The molecule has 0 aliphatic rings. The summed E-state index contributed by atoms with van der Waals surface area (Å²) >= 11 is 0. The van der Waals surface area contributed by atoms with Gasteiger partial charge >= 0.3 is 0 Å². The van der Waals surface area contributed by atoms with Crippen molar-refractivity contribution < 1.29 is 13.9 Å². The van der Waals surface area contributed by atoms with Crippen LogP contribution in [-0.2, 0) is 6.42 Å². The molecule has 172 valence electrons. The second kappa shape index (κ2) is 10.2. The molecule has 1 amide bonds. The first kappa shape index (κ1) is 23.0. The normalized spacial score (nSPS) is 10.9. The first-order chi connectivity index (χ1) is 16.5. The lowest BCUT2D eigenvalue weighted by molar-refractivity contribution is 0.102. The minimum atomic E-state index is -0.770. The molecule has 0 aliphatic carbocycles. The molecule has 2 aromatic carbocycles. The van der Waals surface area contributed by atoms with E-state index in [2.05, 4.69) is 34.1 Å². The fourth-order valence-corrected chi connectivity index (χ4v) is 3.43. The molecule has 0 fully saturated rings. The highest BCUT2D eigenvalue weighted by atomic mass is 19.1. The Morgan fingerprint density at radius 2 is 1.85 bits per heavy atom. The zero-order valence-corrected chi connectivity index (χ0v) is 19.2. The average Bonchev–Trinajstić information content (AvgIpc) is 2.85. The third kappa shape index (κ3) is 5.09. The SMILES string of the molecule is CCc1nccc(-c2cccnc2Oc2cccc(C(=O)Nc3cccc(C(C)C)c3)c2F)n1. The van der Waals surface area contributed by atoms with E-state index in [0.717, 1.165) is 5.56 Å². The second-order valence-corrected chi connectivity index (χ2v) is 8.02. The van der Waals surface area contributed by atoms with E-state index in [9.17, 15) is 4.79 Å². The van der Waals surface area contributed by atoms with Crippen molar-refractivity contribution in [3.8, 4) is 22.9 Å². The molecule has 0 saturated heterocycles. The van der Waals surface area contributed by atoms with Crippen molar-refractivity contribution in [3.05, 3.63) is 95.8 Å². The molecule has 34 heavy (non-hydrogen) atoms. The largest absolute Gasteiger partial charge is 0.435 e. The number of aromatic nitrogens is 3. The maximum absolute atomic E-state index is 15.3. The Kier molecular flexibility index (Phi) is 6.92. The van der Waals surface area contributed by atoms with Crippen LogP contribution in [-0.4, -0.2) is 20.9 Å². The number of carbonyl (C=O) groups is 1. The molecular weight excluding hydrogens is 431 g/mol. The molecule has 0 atom stereocenters. The minimum absolute atomic E-state index is 0.103. The van der Waals surface area contributed by atoms with E-state index in [1.807, 2.05) is 25.1 Å². The number of amides is 1. The van der Waals surface area contributed by atoms with Gasteiger partial charge in [0.25, 0.3) is 5.91 Å². The van der Waals surface area contributed by atoms with Crippen molar-refractivity contribution in [1.82, 2.24) is 15.0 Å². The molecule has 4 rings (SSSR count). The highest BCUT2D eigenvalue weighted by Gasteiger charge is 2.19. The van der Waals surface area contributed by atoms with Crippen LogP contribution >= 0.6 is 0 Å². The fourth-order valence-electron chi connectivity index (χ4n) is 3.43. The molecule has 1 N–H and O–H groups in total. The molecule has 7 heteroatoms. The Hall–Kier alpha value is -4.13. The Morgan fingerprint density at radius 3 is 2.65 bits per heavy atom. The Bertz CT molecular complexity index is 1320. The van der Waals surface area contributed by atoms with Gasteiger partial charge in [0.15, 0.2) is 11.6 Å². The molecule has 0 spiro atoms. The maximum atomic E-state index is 15.3. The standard InChI is InChI=1S/C27H25FN4O2/c1-4-24-29-15-13-22(32-24)20-11-7-14-30-27(20)34-23-12-6-10-21(25(23)28)26(33)31-19-9-5-8-18(16-19)17(2)3/h5-17H,4H2,1-3H3,(H,31,33). The van der Waals surface area contributed by atoms with Gasteiger partial charge in [-0.05, 0) is 53.9 Å². The van der Waals surface area contributed by atoms with Gasteiger partial charge < -0.3 is 10.1 Å². The average molecular weight is 457 g/mol. The van der Waals surface area contributed by atoms with E-state index in [4.69, 9.17) is 4.74 Å². The molecule has 0 saturated carbocycles. The van der Waals surface area contributed by atoms with Crippen LogP contribution in [0.3, 0.4) is 0 Å². The fraction of sp³-hybridized carbons (Fsp3) is 0.185. The molecule has 4 aromatic rings. The number of nitrogens with zero attached hydrogens (tertiary/aromatic N) is 3. The lowest BCUT2D eigenvalue weighted by Crippen LogP contribution is -2.14. The van der Waals surface area contributed by atoms with Crippen LogP contribution in [0.15, 0.2) is 73.1 Å². The summed E-state index contributed by atoms with van der Waals surface area (Å²) in [5.41, 5.74) is 2.77. The monoisotopic (exact) mass is 456 g/mol. The second-order valence-electron chi connectivity index (χ2n) is 8.02. The van der Waals surface area contributed by atoms with Crippen LogP contribution in [0.4, 0.5) is 10.1 Å². The zero-order valence-electron chi connectivity index (χ0n) is 19.2. The van der Waals surface area contributed by atoms with Crippen LogP contribution < -0.4 is 10.1 Å². The quantitative estimate of drug-likeness (QED) is 0.348. The van der Waals surface area contributed by atoms with Crippen LogP contribution in [0.1, 0.15) is 48.4 Å². The van der Waals surface area contributed by atoms with E-state index in [1.165, 1.54) is 12.1 Å². The Morgan fingerprint density at radius 1 is 1.03 bits per heavy atom. The number of anilines is 1. The Labute approximate surface area is 197 Å². The number of halogens is 1. The number of ether oxygens (including phenoxy) is 1. The van der Waals surface area contributed by atoms with E-state index in [-0.39, 0.29) is 17.2 Å². The number of hydrogen-bond acceptors (Lipinski definition) is 5. The molecular formula is C27H25FN4O2. The van der Waals surface area contributed by atoms with Crippen LogP contribution in [0.25, 0.3) is 11.3 Å². The summed E-state index contributed by atoms with van der Waals surface area (Å²) < 4.78 is 21.2. The summed E-state index contributed by atoms with van der Waals surface area (Å²) in [4.78, 5) is 25.8. The third-order valence-electron chi connectivity index (χ3n) is 5.29. The van der Waals surface area contributed by atoms with Crippen LogP contribution in [0, 0.1) is 5.82 Å². The lowest BCUT2D eigenvalue weighted by Gasteiger charge is -2.13. The number of nitrogens with one attached hydrogen (secondary N) is 1. The van der Waals surface area contributed by atoms with E-state index in [1.54, 1.807) is 42.7 Å². The van der Waals surface area contributed by atoms with Gasteiger partial charge in [-0.2, -0.15) is 0 Å². The molecule has 6 nitrogen and oxygen atoms in total. The van der Waals surface area contributed by atoms with Gasteiger partial charge in [0, 0.05) is 24.5 Å². The smallest absolute Gasteiger partial charge is 0.258 e. The number of rotatable bonds is 7. The summed E-state index contributed by atoms with van der Waals surface area (Å²) in [6.45, 7) is 6.10. The summed E-state index contributed by atoms with van der Waals surface area (Å²) in [6.07, 6.45) is 3.89. The molecule has 2 aromatic heterocycles. The van der Waals surface area contributed by atoms with Crippen molar-refractivity contribution in [2.45, 2.75) is 33.1 Å². The van der Waals surface area contributed by atoms with Gasteiger partial charge in [0.05, 0.1) is 16.8 Å². The number of carbonyl (C=O) groups excluding carboxylic acids is 1. The van der Waals surface area contributed by atoms with Crippen molar-refractivity contribution in [3.63, 3.8) is 0 Å². The van der Waals surface area contributed by atoms with Gasteiger partial charge in [-0.25, -0.2) is 19.3 Å². The predicted octanol–water partition coefficient (Wildman–Crippen LogP) is 6.41. The highest BCUT2D eigenvalue weighted by Crippen LogP contribution is 2.32. The first-order valence-electron chi connectivity index (χ1n) is 11.1. The number of benzene rings is 2.